The number of anilines is 1. The Morgan fingerprint density at radius 2 is 2.03 bits per heavy atom. The lowest BCUT2D eigenvalue weighted by Crippen LogP contribution is -2.39. The SMILES string of the molecule is C[C@@H]1CCCN(S(=O)(=O)c2ccc(NCc3ncc(-c4ccccc4)[nH]3)c([N+](=O)[O-])c2)C1. The molecular formula is C22H25N5O4S. The van der Waals surface area contributed by atoms with Gasteiger partial charge < -0.3 is 10.3 Å². The first-order valence-electron chi connectivity index (χ1n) is 10.5. The van der Waals surface area contributed by atoms with Crippen LogP contribution in [-0.2, 0) is 16.6 Å². The van der Waals surface area contributed by atoms with Gasteiger partial charge in [-0.05, 0) is 36.5 Å². The zero-order valence-electron chi connectivity index (χ0n) is 17.7. The summed E-state index contributed by atoms with van der Waals surface area (Å²) in [5, 5.41) is 14.7. The Morgan fingerprint density at radius 1 is 1.25 bits per heavy atom. The average Bonchev–Trinajstić information content (AvgIpc) is 3.27. The molecule has 4 rings (SSSR count). The van der Waals surface area contributed by atoms with Crippen molar-refractivity contribution < 1.29 is 13.3 Å². The second kappa shape index (κ2) is 9.09. The van der Waals surface area contributed by atoms with Crippen LogP contribution in [0.3, 0.4) is 0 Å². The third kappa shape index (κ3) is 4.66. The molecule has 1 atom stereocenters. The maximum absolute atomic E-state index is 13.0. The summed E-state index contributed by atoms with van der Waals surface area (Å²) < 4.78 is 27.4. The number of rotatable bonds is 7. The van der Waals surface area contributed by atoms with Crippen LogP contribution in [0.25, 0.3) is 11.3 Å². The van der Waals surface area contributed by atoms with Crippen LogP contribution in [0, 0.1) is 16.0 Å². The van der Waals surface area contributed by atoms with Gasteiger partial charge in [0.05, 0.1) is 28.3 Å². The van der Waals surface area contributed by atoms with Crippen molar-refractivity contribution in [3.63, 3.8) is 0 Å². The molecule has 0 saturated carbocycles. The van der Waals surface area contributed by atoms with E-state index in [9.17, 15) is 18.5 Å². The van der Waals surface area contributed by atoms with E-state index in [0.29, 0.717) is 18.9 Å². The summed E-state index contributed by atoms with van der Waals surface area (Å²) in [4.78, 5) is 18.5. The highest BCUT2D eigenvalue weighted by molar-refractivity contribution is 7.89. The van der Waals surface area contributed by atoms with Crippen LogP contribution in [-0.4, -0.2) is 40.7 Å². The van der Waals surface area contributed by atoms with Crippen molar-refractivity contribution >= 4 is 21.4 Å². The van der Waals surface area contributed by atoms with Crippen LogP contribution in [0.2, 0.25) is 0 Å². The van der Waals surface area contributed by atoms with E-state index in [1.165, 1.54) is 16.4 Å². The molecule has 0 spiro atoms. The van der Waals surface area contributed by atoms with Gasteiger partial charge in [-0.15, -0.1) is 0 Å². The van der Waals surface area contributed by atoms with E-state index >= 15 is 0 Å². The number of nitrogens with zero attached hydrogens (tertiary/aromatic N) is 3. The van der Waals surface area contributed by atoms with E-state index in [0.717, 1.165) is 30.2 Å². The summed E-state index contributed by atoms with van der Waals surface area (Å²) in [5.74, 6) is 0.876. The van der Waals surface area contributed by atoms with E-state index in [-0.39, 0.29) is 28.7 Å². The van der Waals surface area contributed by atoms with Crippen LogP contribution in [0.15, 0.2) is 59.6 Å². The van der Waals surface area contributed by atoms with Crippen LogP contribution >= 0.6 is 0 Å². The van der Waals surface area contributed by atoms with E-state index in [1.807, 2.05) is 37.3 Å². The van der Waals surface area contributed by atoms with Gasteiger partial charge in [0.2, 0.25) is 10.0 Å². The van der Waals surface area contributed by atoms with Crippen molar-refractivity contribution in [1.82, 2.24) is 14.3 Å². The Morgan fingerprint density at radius 3 is 2.75 bits per heavy atom. The number of sulfonamides is 1. The van der Waals surface area contributed by atoms with Crippen molar-refractivity contribution in [1.29, 1.82) is 0 Å². The lowest BCUT2D eigenvalue weighted by Gasteiger charge is -2.30. The maximum Gasteiger partial charge on any atom is 0.293 e. The van der Waals surface area contributed by atoms with Crippen molar-refractivity contribution in [2.75, 3.05) is 18.4 Å². The normalized spacial score (nSPS) is 17.2. The average molecular weight is 456 g/mol. The molecule has 2 N–H and O–H groups in total. The molecule has 1 aliphatic heterocycles. The number of benzene rings is 2. The van der Waals surface area contributed by atoms with Crippen molar-refractivity contribution in [2.24, 2.45) is 5.92 Å². The van der Waals surface area contributed by atoms with Gasteiger partial charge in [0.25, 0.3) is 5.69 Å². The molecule has 0 bridgehead atoms. The fourth-order valence-corrected chi connectivity index (χ4v) is 5.50. The highest BCUT2D eigenvalue weighted by Crippen LogP contribution is 2.31. The highest BCUT2D eigenvalue weighted by atomic mass is 32.2. The third-order valence-corrected chi connectivity index (χ3v) is 7.44. The second-order valence-electron chi connectivity index (χ2n) is 8.01. The predicted octanol–water partition coefficient (Wildman–Crippen LogP) is 4.02. The number of nitro benzene ring substituents is 1. The number of nitrogens with one attached hydrogen (secondary N) is 2. The van der Waals surface area contributed by atoms with Crippen molar-refractivity contribution in [3.05, 3.63) is 70.7 Å². The number of aromatic nitrogens is 2. The number of aromatic amines is 1. The van der Waals surface area contributed by atoms with E-state index in [4.69, 9.17) is 0 Å². The first-order chi connectivity index (χ1) is 15.3. The summed E-state index contributed by atoms with van der Waals surface area (Å²) in [5.41, 5.74) is 1.78. The molecule has 0 unspecified atom stereocenters. The standard InChI is InChI=1S/C22H25N5O4S/c1-16-6-5-11-26(15-16)32(30,31)18-9-10-19(21(12-18)27(28)29)23-14-22-24-13-20(25-22)17-7-3-2-4-8-17/h2-4,7-10,12-13,16,23H,5-6,11,14-15H2,1H3,(H,24,25)/t16-/m1/s1. The summed E-state index contributed by atoms with van der Waals surface area (Å²) >= 11 is 0. The van der Waals surface area contributed by atoms with Crippen LogP contribution in [0.4, 0.5) is 11.4 Å². The Labute approximate surface area is 186 Å². The molecule has 0 amide bonds. The Balaban J connectivity index is 1.53. The van der Waals surface area contributed by atoms with Crippen LogP contribution < -0.4 is 5.32 Å². The molecule has 0 radical (unpaired) electrons. The molecule has 168 valence electrons. The van der Waals surface area contributed by atoms with Gasteiger partial charge in [-0.3, -0.25) is 10.1 Å². The molecule has 2 aromatic carbocycles. The molecule has 9 nitrogen and oxygen atoms in total. The lowest BCUT2D eigenvalue weighted by molar-refractivity contribution is -0.384. The monoisotopic (exact) mass is 455 g/mol. The van der Waals surface area contributed by atoms with E-state index < -0.39 is 14.9 Å². The Hall–Kier alpha value is -3.24. The topological polar surface area (TPSA) is 121 Å². The summed E-state index contributed by atoms with van der Waals surface area (Å²) in [6.45, 7) is 3.10. The summed E-state index contributed by atoms with van der Waals surface area (Å²) in [6.07, 6.45) is 3.47. The number of hydrogen-bond donors (Lipinski definition) is 2. The minimum atomic E-state index is -3.78. The molecule has 1 aromatic heterocycles. The molecular weight excluding hydrogens is 430 g/mol. The number of hydrogen-bond acceptors (Lipinski definition) is 6. The highest BCUT2D eigenvalue weighted by Gasteiger charge is 2.30. The van der Waals surface area contributed by atoms with Gasteiger partial charge in [0.15, 0.2) is 0 Å². The number of piperidine rings is 1. The van der Waals surface area contributed by atoms with Gasteiger partial charge in [0, 0.05) is 19.2 Å². The van der Waals surface area contributed by atoms with Gasteiger partial charge in [-0.2, -0.15) is 4.31 Å². The minimum absolute atomic E-state index is 0.0618. The van der Waals surface area contributed by atoms with Gasteiger partial charge >= 0.3 is 0 Å². The molecule has 1 saturated heterocycles. The van der Waals surface area contributed by atoms with E-state index in [1.54, 1.807) is 6.20 Å². The summed E-state index contributed by atoms with van der Waals surface area (Å²) in [6, 6.07) is 13.7. The zero-order valence-corrected chi connectivity index (χ0v) is 18.5. The largest absolute Gasteiger partial charge is 0.372 e. The molecule has 1 aliphatic rings. The van der Waals surface area contributed by atoms with Crippen molar-refractivity contribution in [2.45, 2.75) is 31.2 Å². The number of H-pyrrole nitrogens is 1. The zero-order chi connectivity index (χ0) is 22.7. The molecule has 32 heavy (non-hydrogen) atoms. The second-order valence-corrected chi connectivity index (χ2v) is 9.95. The predicted molar refractivity (Wildman–Crippen MR) is 122 cm³/mol. The lowest BCUT2D eigenvalue weighted by atomic mass is 10.0. The fraction of sp³-hybridized carbons (Fsp3) is 0.318. The summed E-state index contributed by atoms with van der Waals surface area (Å²) in [7, 11) is -3.78. The quantitative estimate of drug-likeness (QED) is 0.410. The van der Waals surface area contributed by atoms with Gasteiger partial charge in [-0.1, -0.05) is 37.3 Å². The fourth-order valence-electron chi connectivity index (χ4n) is 3.88. The first-order valence-corrected chi connectivity index (χ1v) is 11.9. The maximum atomic E-state index is 13.0. The van der Waals surface area contributed by atoms with Crippen molar-refractivity contribution in [3.8, 4) is 11.3 Å². The minimum Gasteiger partial charge on any atom is -0.372 e. The molecule has 1 fully saturated rings. The first kappa shape index (κ1) is 22.0. The Kier molecular flexibility index (Phi) is 6.24. The van der Waals surface area contributed by atoms with Gasteiger partial charge in [-0.25, -0.2) is 13.4 Å². The third-order valence-electron chi connectivity index (χ3n) is 5.58. The van der Waals surface area contributed by atoms with E-state index in [2.05, 4.69) is 15.3 Å². The molecule has 3 aromatic rings. The van der Waals surface area contributed by atoms with Crippen LogP contribution in [0.1, 0.15) is 25.6 Å². The van der Waals surface area contributed by atoms with Crippen LogP contribution in [0.5, 0.6) is 0 Å². The molecule has 10 heteroatoms. The number of imidazole rings is 1. The molecule has 2 heterocycles. The van der Waals surface area contributed by atoms with Gasteiger partial charge in [0.1, 0.15) is 11.5 Å². The molecule has 0 aliphatic carbocycles. The Bertz CT molecular complexity index is 1210. The number of nitro groups is 1. The smallest absolute Gasteiger partial charge is 0.293 e.